The van der Waals surface area contributed by atoms with Gasteiger partial charge in [0.1, 0.15) is 0 Å². The summed E-state index contributed by atoms with van der Waals surface area (Å²) in [5.41, 5.74) is 1.02. The van der Waals surface area contributed by atoms with Crippen molar-refractivity contribution in [2.24, 2.45) is 0 Å². The molecule has 0 bridgehead atoms. The zero-order valence-corrected chi connectivity index (χ0v) is 24.2. The van der Waals surface area contributed by atoms with E-state index in [4.69, 9.17) is 13.8 Å². The van der Waals surface area contributed by atoms with Crippen LogP contribution in [0.3, 0.4) is 0 Å². The lowest BCUT2D eigenvalue weighted by Crippen LogP contribution is -2.38. The molecular weight excluding hydrogens is 489 g/mol. The normalized spacial score (nSPS) is 13.8. The Hall–Kier alpha value is -1.24. The molecule has 0 saturated carbocycles. The fourth-order valence-electron chi connectivity index (χ4n) is 4.11. The molecule has 2 atom stereocenters. The standard InChI is InChI=1S/C29H52NO6P/c1-3-5-7-9-10-11-12-13-18-22-29(31)30-28(21-17-8-6-4-2)26-36-37(32,33)35-24-23-34-25-27-19-15-14-16-20-27/h14-16,19-20,28H,3-13,17-18,21-26H2,1-2H3,(H,30,31)(H,32,33). The van der Waals surface area contributed by atoms with Crippen molar-refractivity contribution in [2.45, 2.75) is 123 Å². The van der Waals surface area contributed by atoms with Gasteiger partial charge in [0.2, 0.25) is 5.91 Å². The van der Waals surface area contributed by atoms with Crippen molar-refractivity contribution in [3.63, 3.8) is 0 Å². The summed E-state index contributed by atoms with van der Waals surface area (Å²) in [6.45, 7) is 4.87. The van der Waals surface area contributed by atoms with Gasteiger partial charge in [0.25, 0.3) is 0 Å². The molecule has 0 aliphatic rings. The molecule has 0 aromatic heterocycles. The van der Waals surface area contributed by atoms with Gasteiger partial charge in [0.15, 0.2) is 0 Å². The van der Waals surface area contributed by atoms with Crippen LogP contribution in [0.15, 0.2) is 30.3 Å². The summed E-state index contributed by atoms with van der Waals surface area (Å²) in [7, 11) is -4.22. The molecule has 2 N–H and O–H groups in total. The second kappa shape index (κ2) is 22.7. The average Bonchev–Trinajstić information content (AvgIpc) is 2.89. The van der Waals surface area contributed by atoms with Crippen molar-refractivity contribution >= 4 is 13.7 Å². The van der Waals surface area contributed by atoms with Crippen molar-refractivity contribution in [1.82, 2.24) is 5.32 Å². The van der Waals surface area contributed by atoms with Crippen LogP contribution in [0, 0.1) is 0 Å². The molecule has 0 fully saturated rings. The third-order valence-corrected chi connectivity index (χ3v) is 7.30. The maximum absolute atomic E-state index is 12.5. The molecule has 2 unspecified atom stereocenters. The van der Waals surface area contributed by atoms with Crippen LogP contribution in [-0.4, -0.2) is 36.7 Å². The molecule has 0 spiro atoms. The van der Waals surface area contributed by atoms with Crippen molar-refractivity contribution in [1.29, 1.82) is 0 Å². The van der Waals surface area contributed by atoms with Gasteiger partial charge in [-0.15, -0.1) is 0 Å². The number of unbranched alkanes of at least 4 members (excludes halogenated alkanes) is 11. The molecule has 0 aliphatic heterocycles. The number of carbonyl (C=O) groups is 1. The zero-order chi connectivity index (χ0) is 27.0. The number of carbonyl (C=O) groups excluding carboxylic acids is 1. The van der Waals surface area contributed by atoms with Crippen molar-refractivity contribution in [3.8, 4) is 0 Å². The molecule has 7 nitrogen and oxygen atoms in total. The summed E-state index contributed by atoms with van der Waals surface area (Å²) in [6, 6.07) is 9.39. The number of hydrogen-bond acceptors (Lipinski definition) is 5. The van der Waals surface area contributed by atoms with Crippen molar-refractivity contribution in [2.75, 3.05) is 19.8 Å². The lowest BCUT2D eigenvalue weighted by molar-refractivity contribution is -0.122. The van der Waals surface area contributed by atoms with E-state index in [0.717, 1.165) is 44.1 Å². The van der Waals surface area contributed by atoms with Crippen LogP contribution < -0.4 is 5.32 Å². The molecule has 0 aliphatic carbocycles. The van der Waals surface area contributed by atoms with Gasteiger partial charge in [-0.1, -0.05) is 121 Å². The van der Waals surface area contributed by atoms with Crippen LogP contribution in [0.1, 0.15) is 116 Å². The molecule has 1 aromatic rings. The molecule has 0 radical (unpaired) electrons. The molecule has 1 amide bonds. The van der Waals surface area contributed by atoms with Crippen molar-refractivity contribution < 1.29 is 28.0 Å². The number of hydrogen-bond donors (Lipinski definition) is 2. The lowest BCUT2D eigenvalue weighted by Gasteiger charge is -2.20. The summed E-state index contributed by atoms with van der Waals surface area (Å²) in [5, 5.41) is 3.01. The quantitative estimate of drug-likeness (QED) is 0.0972. The van der Waals surface area contributed by atoms with Crippen LogP contribution in [-0.2, 0) is 29.8 Å². The van der Waals surface area contributed by atoms with Crippen LogP contribution in [0.4, 0.5) is 0 Å². The Balaban J connectivity index is 2.28. The fourth-order valence-corrected chi connectivity index (χ4v) is 4.86. The third kappa shape index (κ3) is 20.4. The smallest absolute Gasteiger partial charge is 0.374 e. The predicted octanol–water partition coefficient (Wildman–Crippen LogP) is 7.71. The highest BCUT2D eigenvalue weighted by Crippen LogP contribution is 2.43. The van der Waals surface area contributed by atoms with Gasteiger partial charge in [-0.25, -0.2) is 4.57 Å². The fraction of sp³-hybridized carbons (Fsp3) is 0.759. The number of amides is 1. The van der Waals surface area contributed by atoms with Gasteiger partial charge in [-0.3, -0.25) is 13.8 Å². The Morgan fingerprint density at radius 2 is 1.43 bits per heavy atom. The van der Waals surface area contributed by atoms with Crippen LogP contribution in [0.2, 0.25) is 0 Å². The average molecular weight is 542 g/mol. The predicted molar refractivity (Wildman–Crippen MR) is 150 cm³/mol. The van der Waals surface area contributed by atoms with Gasteiger partial charge in [-0.2, -0.15) is 0 Å². The highest BCUT2D eigenvalue weighted by Gasteiger charge is 2.24. The Labute approximate surface area is 225 Å². The monoisotopic (exact) mass is 541 g/mol. The van der Waals surface area contributed by atoms with E-state index < -0.39 is 7.82 Å². The number of nitrogens with one attached hydrogen (secondary N) is 1. The Morgan fingerprint density at radius 3 is 2.08 bits per heavy atom. The Kier molecular flexibility index (Phi) is 20.7. The summed E-state index contributed by atoms with van der Waals surface area (Å²) in [6.07, 6.45) is 16.3. The molecule has 37 heavy (non-hydrogen) atoms. The highest BCUT2D eigenvalue weighted by molar-refractivity contribution is 7.47. The summed E-state index contributed by atoms with van der Waals surface area (Å²) >= 11 is 0. The van der Waals surface area contributed by atoms with E-state index in [1.165, 1.54) is 44.9 Å². The van der Waals surface area contributed by atoms with Crippen LogP contribution >= 0.6 is 7.82 Å². The van der Waals surface area contributed by atoms with E-state index in [0.29, 0.717) is 19.4 Å². The van der Waals surface area contributed by atoms with Gasteiger partial charge in [-0.05, 0) is 18.4 Å². The Morgan fingerprint density at radius 1 is 0.838 bits per heavy atom. The number of benzene rings is 1. The van der Waals surface area contributed by atoms with Gasteiger partial charge >= 0.3 is 7.82 Å². The minimum Gasteiger partial charge on any atom is -0.374 e. The van der Waals surface area contributed by atoms with E-state index in [1.807, 2.05) is 30.3 Å². The maximum atomic E-state index is 12.5. The van der Waals surface area contributed by atoms with E-state index in [9.17, 15) is 14.3 Å². The van der Waals surface area contributed by atoms with Crippen LogP contribution in [0.5, 0.6) is 0 Å². The molecule has 1 rings (SSSR count). The molecule has 1 aromatic carbocycles. The second-order valence-corrected chi connectivity index (χ2v) is 11.3. The minimum atomic E-state index is -4.22. The second-order valence-electron chi connectivity index (χ2n) is 9.83. The molecule has 0 heterocycles. The molecular formula is C29H52NO6P. The molecule has 8 heteroatoms. The van der Waals surface area contributed by atoms with Gasteiger partial charge < -0.3 is 14.9 Å². The molecule has 0 saturated heterocycles. The first-order chi connectivity index (χ1) is 18.0. The molecule has 214 valence electrons. The lowest BCUT2D eigenvalue weighted by atomic mass is 10.1. The summed E-state index contributed by atoms with van der Waals surface area (Å²) in [5.74, 6) is -0.0185. The summed E-state index contributed by atoms with van der Waals surface area (Å²) < 4.78 is 28.1. The first-order valence-corrected chi connectivity index (χ1v) is 16.0. The van der Waals surface area contributed by atoms with Gasteiger partial charge in [0, 0.05) is 6.42 Å². The van der Waals surface area contributed by atoms with Gasteiger partial charge in [0.05, 0.1) is 32.5 Å². The third-order valence-electron chi connectivity index (χ3n) is 6.31. The Bertz CT molecular complexity index is 718. The van der Waals surface area contributed by atoms with E-state index in [1.54, 1.807) is 0 Å². The van der Waals surface area contributed by atoms with E-state index >= 15 is 0 Å². The number of ether oxygens (including phenoxy) is 1. The zero-order valence-electron chi connectivity index (χ0n) is 23.3. The first kappa shape index (κ1) is 33.8. The number of phosphoric acid groups is 1. The number of phosphoric ester groups is 1. The van der Waals surface area contributed by atoms with E-state index in [-0.39, 0.29) is 31.8 Å². The number of rotatable bonds is 25. The SMILES string of the molecule is CCCCCCCCCCCC(=O)NC(CCCCCC)COP(=O)(O)OCCOCc1ccccc1. The minimum absolute atomic E-state index is 0.0185. The van der Waals surface area contributed by atoms with E-state index in [2.05, 4.69) is 19.2 Å². The van der Waals surface area contributed by atoms with Crippen molar-refractivity contribution in [3.05, 3.63) is 35.9 Å². The summed E-state index contributed by atoms with van der Waals surface area (Å²) in [4.78, 5) is 22.5. The highest BCUT2D eigenvalue weighted by atomic mass is 31.2. The first-order valence-electron chi connectivity index (χ1n) is 14.5. The maximum Gasteiger partial charge on any atom is 0.472 e. The largest absolute Gasteiger partial charge is 0.472 e. The topological polar surface area (TPSA) is 94.1 Å². The van der Waals surface area contributed by atoms with Crippen LogP contribution in [0.25, 0.3) is 0 Å².